The smallest absolute Gasteiger partial charge is 0.338 e. The summed E-state index contributed by atoms with van der Waals surface area (Å²) >= 11 is 5.82. The van der Waals surface area contributed by atoms with Gasteiger partial charge < -0.3 is 19.3 Å². The number of ether oxygens (including phenoxy) is 2. The van der Waals surface area contributed by atoms with E-state index < -0.39 is 24.6 Å². The van der Waals surface area contributed by atoms with E-state index in [0.717, 1.165) is 0 Å². The van der Waals surface area contributed by atoms with E-state index in [2.05, 4.69) is 0 Å². The van der Waals surface area contributed by atoms with E-state index in [1.807, 2.05) is 0 Å². The van der Waals surface area contributed by atoms with Crippen LogP contribution < -0.4 is 9.47 Å². The standard InChI is InChI=1S/C18H20ClO6P/c1-12(17(20)18(2,3)26(21,22)23)24-14-8-10-16(11-9-14)25-15-6-4-13(19)5-7-15/h4-12H,1-3H3,(H2,21,22,23). The Hall–Kier alpha value is -1.85. The SMILES string of the molecule is CC(Oc1ccc(Oc2ccc(Cl)cc2)cc1)C(=O)C(C)(C)P(=O)(O)O. The zero-order valence-electron chi connectivity index (χ0n) is 14.5. The molecule has 0 saturated carbocycles. The van der Waals surface area contributed by atoms with Gasteiger partial charge in [0.05, 0.1) is 0 Å². The maximum atomic E-state index is 12.3. The number of carbonyl (C=O) groups is 1. The number of carbonyl (C=O) groups excluding carboxylic acids is 1. The average Bonchev–Trinajstić information content (AvgIpc) is 2.57. The van der Waals surface area contributed by atoms with Gasteiger partial charge in [-0.1, -0.05) is 11.6 Å². The highest BCUT2D eigenvalue weighted by Gasteiger charge is 2.47. The highest BCUT2D eigenvalue weighted by molar-refractivity contribution is 7.54. The van der Waals surface area contributed by atoms with Crippen molar-refractivity contribution in [3.63, 3.8) is 0 Å². The highest BCUT2D eigenvalue weighted by atomic mass is 35.5. The first-order valence-corrected chi connectivity index (χ1v) is 9.80. The van der Waals surface area contributed by atoms with E-state index in [4.69, 9.17) is 21.1 Å². The molecule has 0 fully saturated rings. The molecule has 0 aromatic heterocycles. The van der Waals surface area contributed by atoms with Crippen LogP contribution in [0.3, 0.4) is 0 Å². The highest BCUT2D eigenvalue weighted by Crippen LogP contribution is 2.51. The minimum absolute atomic E-state index is 0.385. The summed E-state index contributed by atoms with van der Waals surface area (Å²) in [6.07, 6.45) is -1.01. The third-order valence-electron chi connectivity index (χ3n) is 3.89. The summed E-state index contributed by atoms with van der Waals surface area (Å²) in [5.74, 6) is 0.896. The topological polar surface area (TPSA) is 93.1 Å². The Morgan fingerprint density at radius 2 is 1.42 bits per heavy atom. The van der Waals surface area contributed by atoms with Crippen molar-refractivity contribution in [3.8, 4) is 17.2 Å². The lowest BCUT2D eigenvalue weighted by atomic mass is 10.0. The minimum Gasteiger partial charge on any atom is -0.483 e. The minimum atomic E-state index is -4.59. The van der Waals surface area contributed by atoms with E-state index in [9.17, 15) is 19.1 Å². The van der Waals surface area contributed by atoms with Crippen LogP contribution >= 0.6 is 19.2 Å². The largest absolute Gasteiger partial charge is 0.483 e. The number of halogens is 1. The summed E-state index contributed by atoms with van der Waals surface area (Å²) in [6.45, 7) is 3.87. The molecule has 0 heterocycles. The van der Waals surface area contributed by atoms with Gasteiger partial charge in [0, 0.05) is 5.02 Å². The van der Waals surface area contributed by atoms with Gasteiger partial charge in [-0.3, -0.25) is 9.36 Å². The fraction of sp³-hybridized carbons (Fsp3) is 0.278. The lowest BCUT2D eigenvalue weighted by Gasteiger charge is -2.27. The third kappa shape index (κ3) is 4.86. The Kier molecular flexibility index (Phi) is 6.14. The Morgan fingerprint density at radius 1 is 1.00 bits per heavy atom. The molecule has 2 aromatic rings. The number of ketones is 1. The van der Waals surface area contributed by atoms with Crippen LogP contribution in [0, 0.1) is 0 Å². The van der Waals surface area contributed by atoms with Crippen LogP contribution in [-0.2, 0) is 9.36 Å². The monoisotopic (exact) mass is 398 g/mol. The van der Waals surface area contributed by atoms with Crippen molar-refractivity contribution < 1.29 is 28.6 Å². The summed E-state index contributed by atoms with van der Waals surface area (Å²) in [5, 5.41) is -1.21. The summed E-state index contributed by atoms with van der Waals surface area (Å²) in [5.41, 5.74) is 0. The molecule has 0 spiro atoms. The van der Waals surface area contributed by atoms with Crippen molar-refractivity contribution in [3.05, 3.63) is 53.6 Å². The summed E-state index contributed by atoms with van der Waals surface area (Å²) in [7, 11) is -4.59. The van der Waals surface area contributed by atoms with E-state index in [-0.39, 0.29) is 0 Å². The lowest BCUT2D eigenvalue weighted by Crippen LogP contribution is -2.41. The van der Waals surface area contributed by atoms with Crippen molar-refractivity contribution in [2.75, 3.05) is 0 Å². The molecule has 6 nitrogen and oxygen atoms in total. The zero-order valence-corrected chi connectivity index (χ0v) is 16.2. The molecule has 140 valence electrons. The van der Waals surface area contributed by atoms with Gasteiger partial charge >= 0.3 is 7.60 Å². The third-order valence-corrected chi connectivity index (χ3v) is 5.82. The molecule has 0 saturated heterocycles. The second-order valence-corrected chi connectivity index (χ2v) is 8.90. The molecule has 0 aliphatic heterocycles. The number of hydrogen-bond acceptors (Lipinski definition) is 4. The number of benzene rings is 2. The van der Waals surface area contributed by atoms with E-state index >= 15 is 0 Å². The Labute approximate surface area is 156 Å². The first kappa shape index (κ1) is 20.5. The van der Waals surface area contributed by atoms with Crippen LogP contribution in [-0.4, -0.2) is 26.8 Å². The molecular weight excluding hydrogens is 379 g/mol. The van der Waals surface area contributed by atoms with Gasteiger partial charge in [0.1, 0.15) is 22.4 Å². The number of Topliss-reactive ketones (excluding diaryl/α,β-unsaturated/α-hetero) is 1. The van der Waals surface area contributed by atoms with Crippen LogP contribution in [0.15, 0.2) is 48.5 Å². The molecule has 1 atom stereocenters. The molecule has 26 heavy (non-hydrogen) atoms. The van der Waals surface area contributed by atoms with Gasteiger partial charge in [-0.15, -0.1) is 0 Å². The van der Waals surface area contributed by atoms with Gasteiger partial charge in [-0.05, 0) is 69.3 Å². The van der Waals surface area contributed by atoms with Crippen molar-refractivity contribution in [1.29, 1.82) is 0 Å². The Bertz CT molecular complexity index is 811. The lowest BCUT2D eigenvalue weighted by molar-refractivity contribution is -0.127. The molecule has 0 amide bonds. The summed E-state index contributed by atoms with van der Waals surface area (Å²) in [6, 6.07) is 13.4. The quantitative estimate of drug-likeness (QED) is 0.670. The van der Waals surface area contributed by atoms with Crippen molar-refractivity contribution in [2.45, 2.75) is 32.0 Å². The number of rotatable bonds is 7. The molecule has 2 N–H and O–H groups in total. The predicted octanol–water partition coefficient (Wildman–Crippen LogP) is 4.43. The fourth-order valence-corrected chi connectivity index (χ4v) is 2.72. The molecular formula is C18H20ClO6P. The maximum absolute atomic E-state index is 12.3. The first-order chi connectivity index (χ1) is 12.0. The Morgan fingerprint density at radius 3 is 1.88 bits per heavy atom. The van der Waals surface area contributed by atoms with Crippen LogP contribution in [0.2, 0.25) is 5.02 Å². The molecule has 2 rings (SSSR count). The predicted molar refractivity (Wildman–Crippen MR) is 99.2 cm³/mol. The molecule has 0 bridgehead atoms. The normalized spacial score (nSPS) is 13.2. The molecule has 0 aliphatic carbocycles. The summed E-state index contributed by atoms with van der Waals surface area (Å²) in [4.78, 5) is 31.0. The Balaban J connectivity index is 2.03. The van der Waals surface area contributed by atoms with Crippen LogP contribution in [0.1, 0.15) is 20.8 Å². The van der Waals surface area contributed by atoms with Crippen LogP contribution in [0.5, 0.6) is 17.2 Å². The van der Waals surface area contributed by atoms with E-state index in [1.165, 1.54) is 20.8 Å². The molecule has 0 radical (unpaired) electrons. The van der Waals surface area contributed by atoms with Crippen LogP contribution in [0.4, 0.5) is 0 Å². The van der Waals surface area contributed by atoms with Gasteiger partial charge in [0.25, 0.3) is 0 Å². The number of hydrogen-bond donors (Lipinski definition) is 2. The van der Waals surface area contributed by atoms with E-state index in [0.29, 0.717) is 22.3 Å². The van der Waals surface area contributed by atoms with E-state index in [1.54, 1.807) is 48.5 Å². The van der Waals surface area contributed by atoms with Gasteiger partial charge in [-0.25, -0.2) is 0 Å². The second kappa shape index (κ2) is 7.80. The molecule has 8 heteroatoms. The second-order valence-electron chi connectivity index (χ2n) is 6.25. The van der Waals surface area contributed by atoms with Crippen molar-refractivity contribution in [1.82, 2.24) is 0 Å². The maximum Gasteiger partial charge on any atom is 0.338 e. The average molecular weight is 399 g/mol. The van der Waals surface area contributed by atoms with Crippen molar-refractivity contribution in [2.24, 2.45) is 0 Å². The van der Waals surface area contributed by atoms with Gasteiger partial charge in [0.2, 0.25) is 0 Å². The fourth-order valence-electron chi connectivity index (χ4n) is 2.12. The molecule has 1 unspecified atom stereocenters. The first-order valence-electron chi connectivity index (χ1n) is 7.81. The van der Waals surface area contributed by atoms with Crippen molar-refractivity contribution >= 4 is 25.0 Å². The van der Waals surface area contributed by atoms with Gasteiger partial charge in [0.15, 0.2) is 11.9 Å². The van der Waals surface area contributed by atoms with Crippen LogP contribution in [0.25, 0.3) is 0 Å². The molecule has 2 aromatic carbocycles. The summed E-state index contributed by atoms with van der Waals surface area (Å²) < 4.78 is 22.7. The van der Waals surface area contributed by atoms with Gasteiger partial charge in [-0.2, -0.15) is 0 Å². The molecule has 0 aliphatic rings. The zero-order chi connectivity index (χ0) is 19.5.